The first-order valence-corrected chi connectivity index (χ1v) is 6.02. The number of nitrogens with one attached hydrogen (secondary N) is 1. The Morgan fingerprint density at radius 2 is 2.25 bits per heavy atom. The number of carbonyl (C=O) groups is 1. The molecule has 5 heteroatoms. The van der Waals surface area contributed by atoms with E-state index in [0.29, 0.717) is 26.3 Å². The first-order valence-electron chi connectivity index (χ1n) is 6.02. The molecule has 1 spiro atoms. The van der Waals surface area contributed by atoms with Crippen LogP contribution in [-0.2, 0) is 9.47 Å². The minimum absolute atomic E-state index is 0.129. The molecule has 5 nitrogen and oxygen atoms in total. The summed E-state index contributed by atoms with van der Waals surface area (Å²) in [5.41, 5.74) is -0.129. The molecule has 0 bridgehead atoms. The number of piperidine rings is 1. The summed E-state index contributed by atoms with van der Waals surface area (Å²) in [5, 5.41) is 3.31. The molecule has 2 fully saturated rings. The molecule has 2 aliphatic rings. The molecule has 0 radical (unpaired) electrons. The Morgan fingerprint density at radius 1 is 1.50 bits per heavy atom. The van der Waals surface area contributed by atoms with Gasteiger partial charge in [0.2, 0.25) is 0 Å². The van der Waals surface area contributed by atoms with Crippen molar-refractivity contribution in [2.75, 3.05) is 39.4 Å². The quantitative estimate of drug-likeness (QED) is 0.714. The summed E-state index contributed by atoms with van der Waals surface area (Å²) < 4.78 is 10.9. The minimum atomic E-state index is -0.205. The van der Waals surface area contributed by atoms with Crippen molar-refractivity contribution in [2.45, 2.75) is 25.4 Å². The third kappa shape index (κ3) is 2.47. The van der Waals surface area contributed by atoms with Crippen LogP contribution in [0, 0.1) is 0 Å². The fourth-order valence-corrected chi connectivity index (χ4v) is 2.40. The van der Waals surface area contributed by atoms with Gasteiger partial charge in [0.15, 0.2) is 0 Å². The van der Waals surface area contributed by atoms with Crippen molar-refractivity contribution in [3.63, 3.8) is 0 Å². The van der Waals surface area contributed by atoms with Crippen LogP contribution in [0.2, 0.25) is 0 Å². The average molecular weight is 228 g/mol. The molecule has 16 heavy (non-hydrogen) atoms. The number of hydrogen-bond acceptors (Lipinski definition) is 4. The normalized spacial score (nSPS) is 24.4. The molecule has 0 aromatic heterocycles. The maximum Gasteiger partial charge on any atom is 0.409 e. The highest BCUT2D eigenvalue weighted by molar-refractivity contribution is 5.67. The van der Waals surface area contributed by atoms with Gasteiger partial charge in [0.1, 0.15) is 0 Å². The highest BCUT2D eigenvalue weighted by Crippen LogP contribution is 2.27. The Balaban J connectivity index is 1.94. The fourth-order valence-electron chi connectivity index (χ4n) is 2.40. The van der Waals surface area contributed by atoms with Gasteiger partial charge in [0.05, 0.1) is 25.4 Å². The number of rotatable bonds is 1. The molecular formula is C11H20N2O3. The van der Waals surface area contributed by atoms with Crippen LogP contribution in [0.4, 0.5) is 4.79 Å². The van der Waals surface area contributed by atoms with Gasteiger partial charge in [-0.25, -0.2) is 4.79 Å². The van der Waals surface area contributed by atoms with Crippen molar-refractivity contribution in [3.8, 4) is 0 Å². The topological polar surface area (TPSA) is 50.8 Å². The van der Waals surface area contributed by atoms with Crippen molar-refractivity contribution < 1.29 is 14.3 Å². The Morgan fingerprint density at radius 3 is 2.94 bits per heavy atom. The minimum Gasteiger partial charge on any atom is -0.450 e. The van der Waals surface area contributed by atoms with E-state index in [-0.39, 0.29) is 11.7 Å². The molecule has 0 atom stereocenters. The molecule has 0 aromatic rings. The second kappa shape index (κ2) is 5.01. The van der Waals surface area contributed by atoms with Crippen LogP contribution in [0.5, 0.6) is 0 Å². The Hall–Kier alpha value is -0.810. The maximum atomic E-state index is 11.7. The van der Waals surface area contributed by atoms with Crippen LogP contribution >= 0.6 is 0 Å². The summed E-state index contributed by atoms with van der Waals surface area (Å²) in [7, 11) is 0. The van der Waals surface area contributed by atoms with Gasteiger partial charge in [0.25, 0.3) is 0 Å². The third-order valence-electron chi connectivity index (χ3n) is 3.29. The molecule has 2 aliphatic heterocycles. The SMILES string of the molecule is CCOC(=O)N1CCOC2(CCNCC2)C1. The Bertz CT molecular complexity index is 246. The second-order valence-corrected chi connectivity index (χ2v) is 4.40. The summed E-state index contributed by atoms with van der Waals surface area (Å²) >= 11 is 0. The van der Waals surface area contributed by atoms with Crippen molar-refractivity contribution in [1.82, 2.24) is 10.2 Å². The molecule has 0 aromatic carbocycles. The molecule has 0 aliphatic carbocycles. The third-order valence-corrected chi connectivity index (χ3v) is 3.29. The van der Waals surface area contributed by atoms with Crippen molar-refractivity contribution in [2.24, 2.45) is 0 Å². The van der Waals surface area contributed by atoms with Crippen LogP contribution in [0.1, 0.15) is 19.8 Å². The van der Waals surface area contributed by atoms with Gasteiger partial charge in [-0.15, -0.1) is 0 Å². The van der Waals surface area contributed by atoms with Gasteiger partial charge in [0, 0.05) is 6.54 Å². The first-order chi connectivity index (χ1) is 7.76. The smallest absolute Gasteiger partial charge is 0.409 e. The lowest BCUT2D eigenvalue weighted by Gasteiger charge is -2.44. The molecule has 1 amide bonds. The van der Waals surface area contributed by atoms with E-state index in [9.17, 15) is 4.79 Å². The Kier molecular flexibility index (Phi) is 3.66. The van der Waals surface area contributed by atoms with Gasteiger partial charge >= 0.3 is 6.09 Å². The summed E-state index contributed by atoms with van der Waals surface area (Å²) in [5.74, 6) is 0. The largest absolute Gasteiger partial charge is 0.450 e. The molecule has 2 rings (SSSR count). The highest BCUT2D eigenvalue weighted by Gasteiger charge is 2.39. The average Bonchev–Trinajstić information content (AvgIpc) is 2.30. The summed E-state index contributed by atoms with van der Waals surface area (Å²) in [6.07, 6.45) is 1.75. The zero-order chi connectivity index (χ0) is 11.4. The van der Waals surface area contributed by atoms with E-state index in [4.69, 9.17) is 9.47 Å². The molecule has 1 N–H and O–H groups in total. The van der Waals surface area contributed by atoms with Gasteiger partial charge in [-0.05, 0) is 32.9 Å². The van der Waals surface area contributed by atoms with Crippen LogP contribution < -0.4 is 5.32 Å². The number of carbonyl (C=O) groups excluding carboxylic acids is 1. The van der Waals surface area contributed by atoms with Gasteiger partial charge in [-0.3, -0.25) is 0 Å². The predicted octanol–water partition coefficient (Wildman–Crippen LogP) is 0.597. The molecule has 2 heterocycles. The van der Waals surface area contributed by atoms with E-state index >= 15 is 0 Å². The number of amides is 1. The molecule has 2 saturated heterocycles. The fraction of sp³-hybridized carbons (Fsp3) is 0.909. The predicted molar refractivity (Wildman–Crippen MR) is 59.4 cm³/mol. The molecule has 0 saturated carbocycles. The lowest BCUT2D eigenvalue weighted by molar-refractivity contribution is -0.117. The zero-order valence-electron chi connectivity index (χ0n) is 9.83. The van der Waals surface area contributed by atoms with Gasteiger partial charge in [-0.1, -0.05) is 0 Å². The first kappa shape index (κ1) is 11.7. The van der Waals surface area contributed by atoms with Gasteiger partial charge < -0.3 is 19.7 Å². The summed E-state index contributed by atoms with van der Waals surface area (Å²) in [6.45, 7) is 6.15. The number of hydrogen-bond donors (Lipinski definition) is 1. The van der Waals surface area contributed by atoms with Crippen LogP contribution in [0.15, 0.2) is 0 Å². The second-order valence-electron chi connectivity index (χ2n) is 4.40. The number of ether oxygens (including phenoxy) is 2. The van der Waals surface area contributed by atoms with Gasteiger partial charge in [-0.2, -0.15) is 0 Å². The lowest BCUT2D eigenvalue weighted by Crippen LogP contribution is -2.57. The van der Waals surface area contributed by atoms with Crippen LogP contribution in [0.3, 0.4) is 0 Å². The van der Waals surface area contributed by atoms with E-state index in [1.807, 2.05) is 6.92 Å². The molecule has 0 unspecified atom stereocenters. The standard InChI is InChI=1S/C11H20N2O3/c1-2-15-10(14)13-7-8-16-11(9-13)3-5-12-6-4-11/h12H,2-9H2,1H3. The van der Waals surface area contributed by atoms with Crippen molar-refractivity contribution >= 4 is 6.09 Å². The van der Waals surface area contributed by atoms with E-state index < -0.39 is 0 Å². The number of morpholine rings is 1. The van der Waals surface area contributed by atoms with E-state index in [1.54, 1.807) is 4.90 Å². The number of nitrogens with zero attached hydrogens (tertiary/aromatic N) is 1. The van der Waals surface area contributed by atoms with E-state index in [2.05, 4.69) is 5.32 Å². The van der Waals surface area contributed by atoms with Crippen LogP contribution in [0.25, 0.3) is 0 Å². The van der Waals surface area contributed by atoms with Crippen molar-refractivity contribution in [3.05, 3.63) is 0 Å². The molecular weight excluding hydrogens is 208 g/mol. The zero-order valence-corrected chi connectivity index (χ0v) is 9.83. The maximum absolute atomic E-state index is 11.7. The summed E-state index contributed by atoms with van der Waals surface area (Å²) in [6, 6.07) is 0. The Labute approximate surface area is 96.1 Å². The lowest BCUT2D eigenvalue weighted by atomic mass is 9.90. The van der Waals surface area contributed by atoms with Crippen LogP contribution in [-0.4, -0.2) is 56.0 Å². The molecule has 92 valence electrons. The highest BCUT2D eigenvalue weighted by atomic mass is 16.6. The van der Waals surface area contributed by atoms with Crippen molar-refractivity contribution in [1.29, 1.82) is 0 Å². The van der Waals surface area contributed by atoms with E-state index in [1.165, 1.54) is 0 Å². The monoisotopic (exact) mass is 228 g/mol. The van der Waals surface area contributed by atoms with E-state index in [0.717, 1.165) is 25.9 Å². The summed E-state index contributed by atoms with van der Waals surface area (Å²) in [4.78, 5) is 13.4.